The first-order valence-corrected chi connectivity index (χ1v) is 41.7. The van der Waals surface area contributed by atoms with Gasteiger partial charge in [0, 0.05) is 132 Å². The molecule has 0 saturated heterocycles. The Morgan fingerprint density at radius 1 is 0.205 bits per heavy atom. The van der Waals surface area contributed by atoms with Crippen LogP contribution >= 0.6 is 0 Å². The summed E-state index contributed by atoms with van der Waals surface area (Å²) in [5.74, 6) is 3.46. The molecule has 0 N–H and O–H groups in total. The molecule has 11 heterocycles. The average molecular weight is 1560 g/mol. The lowest BCUT2D eigenvalue weighted by atomic mass is 10.0. The van der Waals surface area contributed by atoms with Crippen LogP contribution in [-0.4, -0.2) is 61.5 Å². The van der Waals surface area contributed by atoms with E-state index in [4.69, 9.17) is 24.9 Å². The number of hydrogen-bond donors (Lipinski definition) is 0. The van der Waals surface area contributed by atoms with Gasteiger partial charge in [-0.15, -0.1) is 0 Å². The van der Waals surface area contributed by atoms with Crippen molar-refractivity contribution in [2.75, 3.05) is 0 Å². The summed E-state index contributed by atoms with van der Waals surface area (Å²) in [4.78, 5) is 27.3. The van der Waals surface area contributed by atoms with Crippen molar-refractivity contribution in [1.82, 2.24) is 61.5 Å². The lowest BCUT2D eigenvalue weighted by Crippen LogP contribution is -2.07. The Balaban J connectivity index is 0.603. The monoisotopic (exact) mass is 1560 g/mol. The number of benzene rings is 15. The van der Waals surface area contributed by atoms with Crippen LogP contribution in [-0.2, 0) is 6.42 Å². The summed E-state index contributed by atoms with van der Waals surface area (Å²) in [7, 11) is 0. The van der Waals surface area contributed by atoms with Gasteiger partial charge in [-0.2, -0.15) is 0 Å². The van der Waals surface area contributed by atoms with Crippen LogP contribution in [0, 0.1) is 0 Å². The van der Waals surface area contributed by atoms with Gasteiger partial charge >= 0.3 is 0 Å². The molecule has 26 aromatic rings. The van der Waals surface area contributed by atoms with E-state index >= 15 is 0 Å². The first-order chi connectivity index (χ1) is 60.5. The number of nitrogens with zero attached hydrogens (tertiary/aromatic N) is 13. The Hall–Kier alpha value is -16.5. The third-order valence-corrected chi connectivity index (χ3v) is 25.9. The molecule has 13 heteroatoms. The molecule has 0 spiro atoms. The zero-order chi connectivity index (χ0) is 79.5. The third kappa shape index (κ3) is 9.54. The number of para-hydroxylation sites is 10. The van der Waals surface area contributed by atoms with E-state index in [2.05, 4.69) is 413 Å². The van der Waals surface area contributed by atoms with E-state index in [1.54, 1.807) is 6.33 Å². The van der Waals surface area contributed by atoms with Crippen LogP contribution in [0.25, 0.3) is 238 Å². The highest BCUT2D eigenvalue weighted by Gasteiger charge is 2.27. The molecule has 1 aliphatic carbocycles. The van der Waals surface area contributed by atoms with Crippen molar-refractivity contribution < 1.29 is 0 Å². The van der Waals surface area contributed by atoms with Crippen LogP contribution in [0.5, 0.6) is 0 Å². The van der Waals surface area contributed by atoms with E-state index in [9.17, 15) is 0 Å². The summed E-state index contributed by atoms with van der Waals surface area (Å²) < 4.78 is 18.9. The Kier molecular flexibility index (Phi) is 13.9. The minimum atomic E-state index is 0.486. The van der Waals surface area contributed by atoms with Crippen molar-refractivity contribution in [3.05, 3.63) is 388 Å². The lowest BCUT2D eigenvalue weighted by molar-refractivity contribution is 0.889. The second kappa shape index (κ2) is 25.5. The van der Waals surface area contributed by atoms with E-state index in [0.717, 1.165) is 184 Å². The highest BCUT2D eigenvalue weighted by atomic mass is 15.2. The van der Waals surface area contributed by atoms with Gasteiger partial charge in [-0.05, 0) is 165 Å². The van der Waals surface area contributed by atoms with Crippen LogP contribution in [0.2, 0.25) is 0 Å². The molecule has 0 atom stereocenters. The fourth-order valence-corrected chi connectivity index (χ4v) is 20.7. The molecule has 0 radical (unpaired) electrons. The molecule has 13 nitrogen and oxygen atoms in total. The number of fused-ring (bicyclic) bond motifs is 24. The topological polar surface area (TPSA) is 104 Å². The second-order valence-electron chi connectivity index (χ2n) is 32.2. The van der Waals surface area contributed by atoms with Gasteiger partial charge in [0.05, 0.1) is 88.4 Å². The summed E-state index contributed by atoms with van der Waals surface area (Å²) in [5, 5.41) is 17.4. The molecule has 0 bridgehead atoms. The molecule has 0 unspecified atom stereocenters. The van der Waals surface area contributed by atoms with Crippen molar-refractivity contribution in [3.8, 4) is 68.8 Å². The summed E-state index contributed by atoms with van der Waals surface area (Å²) in [6.45, 7) is 0. The normalized spacial score (nSPS) is 12.7. The van der Waals surface area contributed by atoms with Gasteiger partial charge in [-0.3, -0.25) is 18.3 Å². The Morgan fingerprint density at radius 2 is 0.508 bits per heavy atom. The first-order valence-electron chi connectivity index (χ1n) is 41.7. The van der Waals surface area contributed by atoms with E-state index in [1.807, 2.05) is 0 Å². The molecule has 0 amide bonds. The van der Waals surface area contributed by atoms with E-state index < -0.39 is 0 Å². The molecule has 0 saturated carbocycles. The van der Waals surface area contributed by atoms with Crippen LogP contribution in [0.1, 0.15) is 17.7 Å². The molecule has 15 aromatic carbocycles. The highest BCUT2D eigenvalue weighted by Crippen LogP contribution is 2.45. The smallest absolute Gasteiger partial charge is 0.182 e. The third-order valence-electron chi connectivity index (χ3n) is 25.9. The SMILES string of the molecule is C1=Cc2c(n(-c3ccc4c(c3)c3ccccc3n4-c3cc(-n4c5ccccc5c5cc(-n6c7ccccc7c7ccc(-c8cccc(-c9nc(-n%10c%11ccccc%11c%11cc(-n%12c%13ccccc%13c%13ccccc%13%12)ccc%11%10)cc(-n%10c%11ccccc%11c%11cc(-n%12c%13ccccc%13c%13ccccc%13%12)ccc%11%10)n9)n8)cc76)ccc54)ncn3)c3ccccc23)CC1. The average Bonchev–Trinajstić information content (AvgIpc) is 1.58. The largest absolute Gasteiger partial charge is 0.313 e. The van der Waals surface area contributed by atoms with Crippen molar-refractivity contribution in [1.29, 1.82) is 0 Å². The maximum atomic E-state index is 5.73. The predicted molar refractivity (Wildman–Crippen MR) is 501 cm³/mol. The van der Waals surface area contributed by atoms with Crippen LogP contribution in [0.15, 0.2) is 376 Å². The van der Waals surface area contributed by atoms with Gasteiger partial charge < -0.3 is 18.3 Å². The Labute approximate surface area is 695 Å². The van der Waals surface area contributed by atoms with Gasteiger partial charge in [0.15, 0.2) is 5.82 Å². The fourth-order valence-electron chi connectivity index (χ4n) is 20.7. The second-order valence-corrected chi connectivity index (χ2v) is 32.2. The molecule has 122 heavy (non-hydrogen) atoms. The van der Waals surface area contributed by atoms with Crippen molar-refractivity contribution >= 4 is 170 Å². The lowest BCUT2D eigenvalue weighted by Gasteiger charge is -2.15. The number of hydrogen-bond acceptors (Lipinski definition) is 5. The maximum Gasteiger partial charge on any atom is 0.182 e. The molecule has 27 rings (SSSR count). The molecule has 1 aliphatic rings. The molecular weight excluding hydrogens is 1490 g/mol. The van der Waals surface area contributed by atoms with Gasteiger partial charge in [0.2, 0.25) is 0 Å². The number of allylic oxidation sites excluding steroid dienone is 1. The van der Waals surface area contributed by atoms with Crippen LogP contribution in [0.3, 0.4) is 0 Å². The predicted octanol–water partition coefficient (Wildman–Crippen LogP) is 26.6. The molecule has 0 fully saturated rings. The minimum Gasteiger partial charge on any atom is -0.313 e. The van der Waals surface area contributed by atoms with Gasteiger partial charge in [-0.25, -0.2) is 24.9 Å². The summed E-state index contributed by atoms with van der Waals surface area (Å²) in [6.07, 6.45) is 8.34. The summed E-state index contributed by atoms with van der Waals surface area (Å²) in [5.41, 5.74) is 25.7. The number of aromatic nitrogens is 13. The summed E-state index contributed by atoms with van der Waals surface area (Å²) in [6, 6.07) is 132. The Bertz CT molecular complexity index is 8720. The van der Waals surface area contributed by atoms with Gasteiger partial charge in [0.1, 0.15) is 35.3 Å². The van der Waals surface area contributed by atoms with Gasteiger partial charge in [-0.1, -0.05) is 212 Å². The van der Waals surface area contributed by atoms with Gasteiger partial charge in [0.25, 0.3) is 0 Å². The van der Waals surface area contributed by atoms with E-state index in [0.29, 0.717) is 23.2 Å². The molecule has 0 aliphatic heterocycles. The quantitative estimate of drug-likeness (QED) is 0.136. The van der Waals surface area contributed by atoms with Crippen molar-refractivity contribution in [2.45, 2.75) is 12.8 Å². The standard InChI is InChI=1S/C109H67N13/c1-12-37-89-71(24-1)72-25-2-13-38-90(72)115(89)67-49-54-100-83(59-67)78-31-8-19-44-96(78)119(100)105-63-106(111-65-110-105)120-97-45-20-9-32-79(97)84-62-70(52-55-101(84)120)118-95-43-18-7-30-77(95)82-53-48-66(58-104(82)118)87-35-23-36-88(112-87)109-113-107(121-98-46-21-10-33-80(98)85-60-68(50-56-102(85)121)116-91-39-14-3-26-73(91)74-27-4-15-40-92(74)116)64-108(114-109)122-99-47-22-11-34-81(99)86-61-69(51-57-103(86)122)117-93-41-16-5-28-75(93)76-29-6-17-42-94(76)117/h1-12,14-37,39-65H,13,38H2. The van der Waals surface area contributed by atoms with E-state index in [1.165, 1.54) is 49.1 Å². The van der Waals surface area contributed by atoms with Crippen molar-refractivity contribution in [3.63, 3.8) is 0 Å². The minimum absolute atomic E-state index is 0.486. The van der Waals surface area contributed by atoms with E-state index in [-0.39, 0.29) is 0 Å². The molecular formula is C109H67N13. The zero-order valence-corrected chi connectivity index (χ0v) is 65.6. The molecule has 568 valence electrons. The molecule has 11 aromatic heterocycles. The maximum absolute atomic E-state index is 5.73. The first kappa shape index (κ1) is 66.6. The fraction of sp³-hybridized carbons (Fsp3) is 0.0183. The Morgan fingerprint density at radius 3 is 0.910 bits per heavy atom. The highest BCUT2D eigenvalue weighted by molar-refractivity contribution is 6.17. The van der Waals surface area contributed by atoms with Crippen LogP contribution < -0.4 is 0 Å². The van der Waals surface area contributed by atoms with Crippen molar-refractivity contribution in [2.24, 2.45) is 0 Å². The van der Waals surface area contributed by atoms with Crippen LogP contribution in [0.4, 0.5) is 0 Å². The summed E-state index contributed by atoms with van der Waals surface area (Å²) >= 11 is 0. The zero-order valence-electron chi connectivity index (χ0n) is 65.6. The number of pyridine rings is 1. The number of rotatable bonds is 10.